The number of carbonyl (C=O) groups is 4. The van der Waals surface area contributed by atoms with Gasteiger partial charge in [-0.25, -0.2) is 0 Å². The molecule has 0 aliphatic heterocycles. The Kier molecular flexibility index (Phi) is 20.1. The predicted molar refractivity (Wildman–Crippen MR) is 95.7 cm³/mol. The van der Waals surface area contributed by atoms with Gasteiger partial charge in [-0.15, -0.1) is 0 Å². The number of carboxylic acids is 4. The molecule has 0 radical (unpaired) electrons. The van der Waals surface area contributed by atoms with Gasteiger partial charge in [0.25, 0.3) is 0 Å². The fourth-order valence-corrected chi connectivity index (χ4v) is 1.20. The topological polar surface area (TPSA) is 279 Å². The molecule has 0 spiro atoms. The summed E-state index contributed by atoms with van der Waals surface area (Å²) in [6.45, 7) is 1.00. The van der Waals surface area contributed by atoms with Crippen LogP contribution in [-0.2, 0) is 19.2 Å². The second-order valence-corrected chi connectivity index (χ2v) is 5.29. The van der Waals surface area contributed by atoms with Crippen molar-refractivity contribution in [2.75, 3.05) is 13.1 Å². The van der Waals surface area contributed by atoms with E-state index < -0.39 is 48.4 Å². The highest BCUT2D eigenvalue weighted by molar-refractivity contribution is 5.80. The molecule has 0 bridgehead atoms. The molecule has 0 amide bonds. The lowest BCUT2D eigenvalue weighted by atomic mass is 10.2. The number of nitrogens with two attached hydrogens (primary N) is 5. The Labute approximate surface area is 156 Å². The van der Waals surface area contributed by atoms with E-state index in [1.54, 1.807) is 0 Å². The van der Waals surface area contributed by atoms with E-state index in [9.17, 15) is 19.2 Å². The Morgan fingerprint density at radius 1 is 0.630 bits per heavy atom. The maximum atomic E-state index is 10.0. The van der Waals surface area contributed by atoms with Gasteiger partial charge in [-0.05, 0) is 38.8 Å². The average molecular weight is 397 g/mol. The highest BCUT2D eigenvalue weighted by atomic mass is 16.4. The lowest BCUT2D eigenvalue weighted by molar-refractivity contribution is -0.144. The van der Waals surface area contributed by atoms with Crippen molar-refractivity contribution in [1.82, 2.24) is 0 Å². The molecule has 14 N–H and O–H groups in total. The summed E-state index contributed by atoms with van der Waals surface area (Å²) in [5, 5.41) is 32.5. The van der Waals surface area contributed by atoms with E-state index in [2.05, 4.69) is 0 Å². The monoisotopic (exact) mass is 397 g/mol. The number of carboxylic acid groups (broad SMARTS) is 4. The molecule has 0 heterocycles. The molecule has 3 unspecified atom stereocenters. The SMILES string of the molecule is NC(CC(=O)O)C(=O)O.NCCCC(N)C(=O)O.NCCCC(N)C(=O)O. The molecule has 160 valence electrons. The van der Waals surface area contributed by atoms with Crippen molar-refractivity contribution in [2.45, 2.75) is 50.2 Å². The van der Waals surface area contributed by atoms with E-state index in [0.29, 0.717) is 38.8 Å². The fraction of sp³-hybridized carbons (Fsp3) is 0.714. The first-order valence-corrected chi connectivity index (χ1v) is 7.97. The maximum Gasteiger partial charge on any atom is 0.321 e. The van der Waals surface area contributed by atoms with Crippen molar-refractivity contribution in [3.05, 3.63) is 0 Å². The van der Waals surface area contributed by atoms with Crippen LogP contribution in [0.1, 0.15) is 32.1 Å². The third-order valence-corrected chi connectivity index (χ3v) is 2.78. The van der Waals surface area contributed by atoms with Crippen molar-refractivity contribution in [1.29, 1.82) is 0 Å². The molecule has 0 rings (SSSR count). The van der Waals surface area contributed by atoms with Gasteiger partial charge < -0.3 is 49.1 Å². The van der Waals surface area contributed by atoms with E-state index in [1.807, 2.05) is 0 Å². The van der Waals surface area contributed by atoms with E-state index in [0.717, 1.165) is 0 Å². The lowest BCUT2D eigenvalue weighted by Crippen LogP contribution is -2.32. The van der Waals surface area contributed by atoms with Crippen LogP contribution in [0.2, 0.25) is 0 Å². The lowest BCUT2D eigenvalue weighted by Gasteiger charge is -2.02. The number of hydrogen-bond donors (Lipinski definition) is 9. The molecule has 27 heavy (non-hydrogen) atoms. The van der Waals surface area contributed by atoms with Crippen LogP contribution in [0.3, 0.4) is 0 Å². The fourth-order valence-electron chi connectivity index (χ4n) is 1.20. The van der Waals surface area contributed by atoms with Crippen molar-refractivity contribution in [3.63, 3.8) is 0 Å². The second kappa shape index (κ2) is 18.5. The molecule has 0 aromatic carbocycles. The molecule has 0 aromatic rings. The van der Waals surface area contributed by atoms with Crippen LogP contribution in [0.5, 0.6) is 0 Å². The zero-order valence-electron chi connectivity index (χ0n) is 15.0. The third kappa shape index (κ3) is 23.7. The number of rotatable bonds is 11. The first-order chi connectivity index (χ1) is 12.4. The summed E-state index contributed by atoms with van der Waals surface area (Å²) in [4.78, 5) is 39.7. The smallest absolute Gasteiger partial charge is 0.321 e. The maximum absolute atomic E-state index is 10.0. The van der Waals surface area contributed by atoms with Gasteiger partial charge in [0.15, 0.2) is 0 Å². The minimum absolute atomic E-state index is 0.464. The van der Waals surface area contributed by atoms with Gasteiger partial charge in [0.2, 0.25) is 0 Å². The van der Waals surface area contributed by atoms with Crippen LogP contribution >= 0.6 is 0 Å². The van der Waals surface area contributed by atoms with Crippen molar-refractivity contribution < 1.29 is 39.6 Å². The molecular formula is C14H31N5O8. The molecule has 0 fully saturated rings. The first-order valence-electron chi connectivity index (χ1n) is 7.97. The van der Waals surface area contributed by atoms with E-state index in [1.165, 1.54) is 0 Å². The highest BCUT2D eigenvalue weighted by Gasteiger charge is 2.14. The Hall–Kier alpha value is -2.32. The minimum atomic E-state index is -1.29. The molecular weight excluding hydrogens is 366 g/mol. The van der Waals surface area contributed by atoms with Crippen LogP contribution in [0.4, 0.5) is 0 Å². The van der Waals surface area contributed by atoms with Gasteiger partial charge in [0, 0.05) is 0 Å². The van der Waals surface area contributed by atoms with Gasteiger partial charge in [-0.3, -0.25) is 19.2 Å². The van der Waals surface area contributed by atoms with Crippen molar-refractivity contribution in [3.8, 4) is 0 Å². The Morgan fingerprint density at radius 2 is 0.926 bits per heavy atom. The van der Waals surface area contributed by atoms with Crippen LogP contribution in [0.15, 0.2) is 0 Å². The van der Waals surface area contributed by atoms with Gasteiger partial charge in [0.1, 0.15) is 18.1 Å². The molecule has 3 atom stereocenters. The summed E-state index contributed by atoms with van der Waals surface area (Å²) < 4.78 is 0. The van der Waals surface area contributed by atoms with Crippen molar-refractivity contribution in [2.24, 2.45) is 28.7 Å². The quantitative estimate of drug-likeness (QED) is 0.170. The Morgan fingerprint density at radius 3 is 1.07 bits per heavy atom. The normalized spacial score (nSPS) is 12.9. The van der Waals surface area contributed by atoms with Crippen LogP contribution in [0.25, 0.3) is 0 Å². The van der Waals surface area contributed by atoms with Crippen LogP contribution < -0.4 is 28.7 Å². The van der Waals surface area contributed by atoms with E-state index in [-0.39, 0.29) is 0 Å². The van der Waals surface area contributed by atoms with E-state index in [4.69, 9.17) is 49.1 Å². The molecule has 0 aliphatic carbocycles. The summed E-state index contributed by atoms with van der Waals surface area (Å²) in [5.41, 5.74) is 25.4. The third-order valence-electron chi connectivity index (χ3n) is 2.78. The highest BCUT2D eigenvalue weighted by Crippen LogP contribution is 1.91. The van der Waals surface area contributed by atoms with E-state index >= 15 is 0 Å². The van der Waals surface area contributed by atoms with Gasteiger partial charge in [-0.2, -0.15) is 0 Å². The summed E-state index contributed by atoms with van der Waals surface area (Å²) in [6, 6.07) is -2.77. The second-order valence-electron chi connectivity index (χ2n) is 5.29. The minimum Gasteiger partial charge on any atom is -0.481 e. The predicted octanol–water partition coefficient (Wildman–Crippen LogP) is -2.85. The van der Waals surface area contributed by atoms with Gasteiger partial charge in [0.05, 0.1) is 6.42 Å². The summed E-state index contributed by atoms with van der Waals surface area (Å²) in [6.07, 6.45) is 1.74. The summed E-state index contributed by atoms with van der Waals surface area (Å²) >= 11 is 0. The zero-order valence-corrected chi connectivity index (χ0v) is 15.0. The zero-order chi connectivity index (χ0) is 22.0. The molecule has 0 aromatic heterocycles. The van der Waals surface area contributed by atoms with Crippen molar-refractivity contribution >= 4 is 23.9 Å². The summed E-state index contributed by atoms with van der Waals surface area (Å²) in [5.74, 6) is -4.41. The molecule has 0 saturated carbocycles. The number of hydrogen-bond acceptors (Lipinski definition) is 9. The van der Waals surface area contributed by atoms with Crippen LogP contribution in [0, 0.1) is 0 Å². The largest absolute Gasteiger partial charge is 0.481 e. The Bertz CT molecular complexity index is 425. The first kappa shape index (κ1) is 29.4. The number of aliphatic carboxylic acids is 4. The molecule has 0 saturated heterocycles. The summed E-state index contributed by atoms with van der Waals surface area (Å²) in [7, 11) is 0. The Balaban J connectivity index is -0.000000320. The standard InChI is InChI=1S/2C5H12N2O2.C4H7NO4/c2*6-3-1-2-4(7)5(8)9;5-2(4(8)9)1-3(6)7/h2*4H,1-3,6-7H2,(H,8,9);2H,1,5H2,(H,6,7)(H,8,9). The van der Waals surface area contributed by atoms with Gasteiger partial charge in [-0.1, -0.05) is 0 Å². The molecule has 13 nitrogen and oxygen atoms in total. The molecule has 0 aliphatic rings. The molecule has 13 heteroatoms. The average Bonchev–Trinajstić information content (AvgIpc) is 2.57. The van der Waals surface area contributed by atoms with Gasteiger partial charge >= 0.3 is 23.9 Å². The van der Waals surface area contributed by atoms with Crippen LogP contribution in [-0.4, -0.2) is 75.5 Å².